The third kappa shape index (κ3) is 2.75. The van der Waals surface area contributed by atoms with Gasteiger partial charge >= 0.3 is 0 Å². The molecule has 1 aromatic heterocycles. The van der Waals surface area contributed by atoms with Crippen molar-refractivity contribution in [1.82, 2.24) is 0 Å². The topological polar surface area (TPSA) is 0 Å². The molecule has 1 atom stereocenters. The second-order valence-electron chi connectivity index (χ2n) is 3.57. The van der Waals surface area contributed by atoms with Gasteiger partial charge in [-0.1, -0.05) is 12.1 Å². The largest absolute Gasteiger partial charge is 0.205 e. The number of rotatable bonds is 2. The van der Waals surface area contributed by atoms with Gasteiger partial charge in [-0.15, -0.1) is 22.9 Å². The molecule has 0 radical (unpaired) electrons. The van der Waals surface area contributed by atoms with Gasteiger partial charge in [-0.05, 0) is 56.5 Å². The fourth-order valence-corrected chi connectivity index (χ4v) is 4.18. The van der Waals surface area contributed by atoms with E-state index in [0.717, 1.165) is 14.2 Å². The lowest BCUT2D eigenvalue weighted by Gasteiger charge is -2.11. The predicted molar refractivity (Wildman–Crippen MR) is 78.6 cm³/mol. The number of hydrogen-bond donors (Lipinski definition) is 0. The average Bonchev–Trinajstić information content (AvgIpc) is 2.61. The number of thiophene rings is 1. The molecular weight excluding hydrogens is 390 g/mol. The van der Waals surface area contributed by atoms with E-state index in [2.05, 4.69) is 31.9 Å². The molecule has 17 heavy (non-hydrogen) atoms. The molecule has 1 unspecified atom stereocenters. The summed E-state index contributed by atoms with van der Waals surface area (Å²) < 4.78 is 15.4. The monoisotopic (exact) mass is 396 g/mol. The van der Waals surface area contributed by atoms with Crippen molar-refractivity contribution in [2.24, 2.45) is 0 Å². The van der Waals surface area contributed by atoms with Crippen molar-refractivity contribution in [1.29, 1.82) is 0 Å². The molecule has 0 nitrogen and oxygen atoms in total. The van der Waals surface area contributed by atoms with E-state index in [1.165, 1.54) is 0 Å². The van der Waals surface area contributed by atoms with Crippen molar-refractivity contribution in [2.75, 3.05) is 0 Å². The van der Waals surface area contributed by atoms with E-state index in [4.69, 9.17) is 11.6 Å². The second kappa shape index (κ2) is 5.39. The van der Waals surface area contributed by atoms with Crippen LogP contribution in [-0.2, 0) is 0 Å². The summed E-state index contributed by atoms with van der Waals surface area (Å²) in [4.78, 5) is 1.09. The molecule has 0 bridgehead atoms. The van der Waals surface area contributed by atoms with E-state index >= 15 is 0 Å². The normalized spacial score (nSPS) is 12.8. The summed E-state index contributed by atoms with van der Waals surface area (Å²) >= 11 is 14.5. The van der Waals surface area contributed by atoms with Gasteiger partial charge in [-0.2, -0.15) is 0 Å². The maximum absolute atomic E-state index is 13.9. The molecule has 1 heterocycles. The molecule has 0 aliphatic heterocycles. The SMILES string of the molecule is Cc1sc(Br)cc1C(Cl)c1cccc(Br)c1F. The van der Waals surface area contributed by atoms with Crippen LogP contribution in [0, 0.1) is 12.7 Å². The van der Waals surface area contributed by atoms with Gasteiger partial charge < -0.3 is 0 Å². The Morgan fingerprint density at radius 2 is 2.00 bits per heavy atom. The van der Waals surface area contributed by atoms with Crippen LogP contribution in [0.4, 0.5) is 4.39 Å². The predicted octanol–water partition coefficient (Wildman–Crippen LogP) is 6.05. The second-order valence-corrected chi connectivity index (χ2v) is 7.49. The minimum atomic E-state index is -0.463. The lowest BCUT2D eigenvalue weighted by Crippen LogP contribution is -1.97. The number of alkyl halides is 1. The zero-order valence-electron chi connectivity index (χ0n) is 8.81. The Kier molecular flexibility index (Phi) is 4.29. The van der Waals surface area contributed by atoms with Crippen LogP contribution in [0.25, 0.3) is 0 Å². The minimum absolute atomic E-state index is 0.297. The number of aryl methyl sites for hydroxylation is 1. The molecule has 5 heteroatoms. The first kappa shape index (κ1) is 13.5. The number of benzene rings is 1. The molecular formula is C12H8Br2ClFS. The van der Waals surface area contributed by atoms with Crippen LogP contribution < -0.4 is 0 Å². The zero-order valence-corrected chi connectivity index (χ0v) is 13.6. The van der Waals surface area contributed by atoms with Gasteiger partial charge in [0.1, 0.15) is 5.82 Å². The van der Waals surface area contributed by atoms with Gasteiger partial charge in [0, 0.05) is 10.4 Å². The summed E-state index contributed by atoms with van der Waals surface area (Å²) in [5.74, 6) is -0.297. The van der Waals surface area contributed by atoms with Crippen molar-refractivity contribution in [3.63, 3.8) is 0 Å². The summed E-state index contributed by atoms with van der Waals surface area (Å²) in [5.41, 5.74) is 1.44. The third-order valence-electron chi connectivity index (χ3n) is 2.45. The van der Waals surface area contributed by atoms with E-state index in [-0.39, 0.29) is 5.82 Å². The third-order valence-corrected chi connectivity index (χ3v) is 5.11. The highest BCUT2D eigenvalue weighted by molar-refractivity contribution is 9.11. The molecule has 0 fully saturated rings. The molecule has 0 aliphatic carbocycles. The molecule has 2 rings (SSSR count). The summed E-state index contributed by atoms with van der Waals surface area (Å²) in [6.07, 6.45) is 0. The van der Waals surface area contributed by atoms with Crippen LogP contribution in [0.15, 0.2) is 32.5 Å². The van der Waals surface area contributed by atoms with Crippen molar-refractivity contribution >= 4 is 54.8 Å². The molecule has 0 aliphatic rings. The first-order valence-electron chi connectivity index (χ1n) is 4.84. The Bertz CT molecular complexity index is 553. The van der Waals surface area contributed by atoms with Crippen LogP contribution in [0.5, 0.6) is 0 Å². The Morgan fingerprint density at radius 1 is 1.29 bits per heavy atom. The van der Waals surface area contributed by atoms with Crippen LogP contribution in [0.2, 0.25) is 0 Å². The van der Waals surface area contributed by atoms with E-state index in [1.54, 1.807) is 29.5 Å². The number of hydrogen-bond acceptors (Lipinski definition) is 1. The first-order valence-corrected chi connectivity index (χ1v) is 7.68. The van der Waals surface area contributed by atoms with Gasteiger partial charge in [0.15, 0.2) is 0 Å². The molecule has 0 spiro atoms. The van der Waals surface area contributed by atoms with Crippen molar-refractivity contribution in [3.05, 3.63) is 54.3 Å². The summed E-state index contributed by atoms with van der Waals surface area (Å²) in [7, 11) is 0. The molecule has 1 aromatic carbocycles. The van der Waals surface area contributed by atoms with Crippen LogP contribution >= 0.6 is 54.8 Å². The Balaban J connectivity index is 2.47. The molecule has 0 saturated carbocycles. The maximum atomic E-state index is 13.9. The highest BCUT2D eigenvalue weighted by Crippen LogP contribution is 2.39. The van der Waals surface area contributed by atoms with E-state index in [0.29, 0.717) is 10.0 Å². The van der Waals surface area contributed by atoms with Gasteiger partial charge in [-0.3, -0.25) is 0 Å². The first-order chi connectivity index (χ1) is 8.00. The quantitative estimate of drug-likeness (QED) is 0.540. The minimum Gasteiger partial charge on any atom is -0.205 e. The van der Waals surface area contributed by atoms with E-state index in [1.807, 2.05) is 13.0 Å². The fourth-order valence-electron chi connectivity index (χ4n) is 1.59. The molecule has 90 valence electrons. The lowest BCUT2D eigenvalue weighted by atomic mass is 10.1. The van der Waals surface area contributed by atoms with Crippen molar-refractivity contribution < 1.29 is 4.39 Å². The maximum Gasteiger partial charge on any atom is 0.142 e. The van der Waals surface area contributed by atoms with Crippen LogP contribution in [0.1, 0.15) is 21.4 Å². The van der Waals surface area contributed by atoms with E-state index in [9.17, 15) is 4.39 Å². The standard InChI is InChI=1S/C12H8Br2ClFS/c1-6-8(5-10(14)17-6)11(15)7-3-2-4-9(13)12(7)16/h2-5,11H,1H3. The Morgan fingerprint density at radius 3 is 2.59 bits per heavy atom. The van der Waals surface area contributed by atoms with Gasteiger partial charge in [0.05, 0.1) is 13.6 Å². The molecule has 0 N–H and O–H groups in total. The summed E-state index contributed by atoms with van der Waals surface area (Å²) in [5, 5.41) is -0.463. The van der Waals surface area contributed by atoms with Gasteiger partial charge in [0.2, 0.25) is 0 Å². The van der Waals surface area contributed by atoms with Crippen LogP contribution in [-0.4, -0.2) is 0 Å². The number of halogens is 4. The Hall–Kier alpha value is 0.1000. The smallest absolute Gasteiger partial charge is 0.142 e. The summed E-state index contributed by atoms with van der Waals surface area (Å²) in [6, 6.07) is 7.11. The fraction of sp³-hybridized carbons (Fsp3) is 0.167. The summed E-state index contributed by atoms with van der Waals surface area (Å²) in [6.45, 7) is 1.98. The molecule has 0 amide bonds. The van der Waals surface area contributed by atoms with Crippen LogP contribution in [0.3, 0.4) is 0 Å². The average molecular weight is 399 g/mol. The highest BCUT2D eigenvalue weighted by Gasteiger charge is 2.20. The molecule has 2 aromatic rings. The van der Waals surface area contributed by atoms with Crippen molar-refractivity contribution in [2.45, 2.75) is 12.3 Å². The van der Waals surface area contributed by atoms with Gasteiger partial charge in [0.25, 0.3) is 0 Å². The zero-order chi connectivity index (χ0) is 12.6. The highest BCUT2D eigenvalue weighted by atomic mass is 79.9. The van der Waals surface area contributed by atoms with E-state index < -0.39 is 5.38 Å². The Labute approximate surface area is 125 Å². The molecule has 0 saturated heterocycles. The lowest BCUT2D eigenvalue weighted by molar-refractivity contribution is 0.605. The van der Waals surface area contributed by atoms with Crippen molar-refractivity contribution in [3.8, 4) is 0 Å². The van der Waals surface area contributed by atoms with Gasteiger partial charge in [-0.25, -0.2) is 4.39 Å².